The first-order valence-corrected chi connectivity index (χ1v) is 10.3. The molecule has 3 aromatic carbocycles. The Labute approximate surface area is 174 Å². The van der Waals surface area contributed by atoms with Crippen molar-refractivity contribution in [1.82, 2.24) is 0 Å². The third-order valence-electron chi connectivity index (χ3n) is 4.27. The lowest BCUT2D eigenvalue weighted by atomic mass is 10.1. The zero-order valence-electron chi connectivity index (χ0n) is 16.0. The summed E-state index contributed by atoms with van der Waals surface area (Å²) in [6.45, 7) is 0.579. The third kappa shape index (κ3) is 5.86. The SMILES string of the molecule is CSc1ccc(NCc2ccc(C=CC(=O)Nc3ccccc3N)cc2)cc1F. The van der Waals surface area contributed by atoms with Gasteiger partial charge in [-0.2, -0.15) is 0 Å². The number of hydrogen-bond donors (Lipinski definition) is 3. The third-order valence-corrected chi connectivity index (χ3v) is 5.04. The normalized spacial score (nSPS) is 10.8. The van der Waals surface area contributed by atoms with Gasteiger partial charge in [0.05, 0.1) is 11.4 Å². The molecular formula is C23H22FN3OS. The van der Waals surface area contributed by atoms with E-state index in [9.17, 15) is 9.18 Å². The monoisotopic (exact) mass is 407 g/mol. The Morgan fingerprint density at radius 2 is 1.86 bits per heavy atom. The predicted octanol–water partition coefficient (Wildman–Crippen LogP) is 5.39. The number of hydrogen-bond acceptors (Lipinski definition) is 4. The molecule has 0 aromatic heterocycles. The van der Waals surface area contributed by atoms with Crippen molar-refractivity contribution in [2.24, 2.45) is 0 Å². The summed E-state index contributed by atoms with van der Waals surface area (Å²) in [7, 11) is 0. The lowest BCUT2D eigenvalue weighted by molar-refractivity contribution is -0.111. The Bertz CT molecular complexity index is 1020. The fourth-order valence-electron chi connectivity index (χ4n) is 2.68. The van der Waals surface area contributed by atoms with Crippen LogP contribution in [0, 0.1) is 5.82 Å². The summed E-state index contributed by atoms with van der Waals surface area (Å²) in [5.41, 5.74) is 9.62. The lowest BCUT2D eigenvalue weighted by Gasteiger charge is -2.08. The highest BCUT2D eigenvalue weighted by Crippen LogP contribution is 2.22. The van der Waals surface area contributed by atoms with E-state index in [1.165, 1.54) is 23.9 Å². The second kappa shape index (κ2) is 9.80. The number of nitrogens with one attached hydrogen (secondary N) is 2. The summed E-state index contributed by atoms with van der Waals surface area (Å²) >= 11 is 1.38. The molecule has 1 amide bonds. The van der Waals surface area contributed by atoms with Crippen molar-refractivity contribution in [3.05, 3.63) is 89.8 Å². The van der Waals surface area contributed by atoms with Gasteiger partial charge in [-0.3, -0.25) is 4.79 Å². The van der Waals surface area contributed by atoms with Crippen LogP contribution >= 0.6 is 11.8 Å². The van der Waals surface area contributed by atoms with E-state index in [1.807, 2.05) is 48.7 Å². The molecule has 148 valence electrons. The molecule has 4 nitrogen and oxygen atoms in total. The van der Waals surface area contributed by atoms with Gasteiger partial charge >= 0.3 is 0 Å². The van der Waals surface area contributed by atoms with Gasteiger partial charge in [-0.25, -0.2) is 4.39 Å². The molecule has 3 rings (SSSR count). The standard InChI is InChI=1S/C23H22FN3OS/c1-29-22-12-11-18(14-19(22)24)26-15-17-8-6-16(7-9-17)10-13-23(28)27-21-5-3-2-4-20(21)25/h2-14,26H,15,25H2,1H3,(H,27,28). The van der Waals surface area contributed by atoms with Crippen LogP contribution in [0.4, 0.5) is 21.5 Å². The molecule has 0 heterocycles. The minimum atomic E-state index is -0.246. The molecule has 0 aliphatic rings. The number of benzene rings is 3. The van der Waals surface area contributed by atoms with Gasteiger partial charge < -0.3 is 16.4 Å². The molecule has 0 unspecified atom stereocenters. The number of anilines is 3. The molecule has 0 bridgehead atoms. The van der Waals surface area contributed by atoms with Crippen LogP contribution in [-0.4, -0.2) is 12.2 Å². The smallest absolute Gasteiger partial charge is 0.248 e. The van der Waals surface area contributed by atoms with Crippen molar-refractivity contribution in [3.63, 3.8) is 0 Å². The highest BCUT2D eigenvalue weighted by atomic mass is 32.2. The van der Waals surface area contributed by atoms with Crippen LogP contribution in [0.25, 0.3) is 6.08 Å². The predicted molar refractivity (Wildman–Crippen MR) is 120 cm³/mol. The van der Waals surface area contributed by atoms with Crippen molar-refractivity contribution < 1.29 is 9.18 Å². The largest absolute Gasteiger partial charge is 0.397 e. The number of carbonyl (C=O) groups is 1. The number of nitrogen functional groups attached to an aromatic ring is 1. The zero-order chi connectivity index (χ0) is 20.6. The Balaban J connectivity index is 1.54. The second-order valence-electron chi connectivity index (χ2n) is 6.35. The lowest BCUT2D eigenvalue weighted by Crippen LogP contribution is -2.09. The fraction of sp³-hybridized carbons (Fsp3) is 0.0870. The summed E-state index contributed by atoms with van der Waals surface area (Å²) in [6, 6.07) is 20.0. The number of para-hydroxylation sites is 2. The summed E-state index contributed by atoms with van der Waals surface area (Å²) < 4.78 is 13.8. The highest BCUT2D eigenvalue weighted by molar-refractivity contribution is 7.98. The number of halogens is 1. The van der Waals surface area contributed by atoms with Gasteiger partial charge in [0.2, 0.25) is 5.91 Å². The molecule has 0 atom stereocenters. The summed E-state index contributed by atoms with van der Waals surface area (Å²) in [4.78, 5) is 12.7. The Kier molecular flexibility index (Phi) is 6.92. The van der Waals surface area contributed by atoms with Crippen LogP contribution in [0.5, 0.6) is 0 Å². The summed E-state index contributed by atoms with van der Waals surface area (Å²) in [5, 5.41) is 5.96. The van der Waals surface area contributed by atoms with Gasteiger partial charge in [-0.1, -0.05) is 36.4 Å². The quantitative estimate of drug-likeness (QED) is 0.279. The van der Waals surface area contributed by atoms with E-state index in [0.717, 1.165) is 16.8 Å². The Morgan fingerprint density at radius 1 is 1.10 bits per heavy atom. The van der Waals surface area contributed by atoms with E-state index < -0.39 is 0 Å². The first kappa shape index (κ1) is 20.5. The molecule has 6 heteroatoms. The molecule has 3 aromatic rings. The molecular weight excluding hydrogens is 385 g/mol. The molecule has 0 aliphatic carbocycles. The van der Waals surface area contributed by atoms with Crippen molar-refractivity contribution >= 4 is 40.8 Å². The maximum absolute atomic E-state index is 13.8. The van der Waals surface area contributed by atoms with Gasteiger partial charge in [0.15, 0.2) is 0 Å². The minimum Gasteiger partial charge on any atom is -0.397 e. The topological polar surface area (TPSA) is 67.2 Å². The molecule has 0 radical (unpaired) electrons. The van der Waals surface area contributed by atoms with E-state index in [-0.39, 0.29) is 11.7 Å². The highest BCUT2D eigenvalue weighted by Gasteiger charge is 2.03. The number of nitrogens with two attached hydrogens (primary N) is 1. The first-order valence-electron chi connectivity index (χ1n) is 9.05. The Hall–Kier alpha value is -3.25. The van der Waals surface area contributed by atoms with Crippen LogP contribution < -0.4 is 16.4 Å². The van der Waals surface area contributed by atoms with E-state index >= 15 is 0 Å². The number of carbonyl (C=O) groups excluding carboxylic acids is 1. The van der Waals surface area contributed by atoms with Crippen LogP contribution in [0.15, 0.2) is 77.7 Å². The fourth-order valence-corrected chi connectivity index (χ4v) is 3.14. The maximum Gasteiger partial charge on any atom is 0.248 e. The van der Waals surface area contributed by atoms with Crippen molar-refractivity contribution in [3.8, 4) is 0 Å². The minimum absolute atomic E-state index is 0.224. The summed E-state index contributed by atoms with van der Waals surface area (Å²) in [5.74, 6) is -0.470. The van der Waals surface area contributed by atoms with Crippen LogP contribution in [0.1, 0.15) is 11.1 Å². The van der Waals surface area contributed by atoms with E-state index in [4.69, 9.17) is 5.73 Å². The molecule has 29 heavy (non-hydrogen) atoms. The van der Waals surface area contributed by atoms with Gasteiger partial charge in [-0.05, 0) is 53.8 Å². The zero-order valence-corrected chi connectivity index (χ0v) is 16.8. The molecule has 0 fully saturated rings. The maximum atomic E-state index is 13.8. The summed E-state index contributed by atoms with van der Waals surface area (Å²) in [6.07, 6.45) is 5.06. The van der Waals surface area contributed by atoms with Crippen molar-refractivity contribution in [2.45, 2.75) is 11.4 Å². The first-order chi connectivity index (χ1) is 14.0. The van der Waals surface area contributed by atoms with Crippen LogP contribution in [-0.2, 0) is 11.3 Å². The average Bonchev–Trinajstić information content (AvgIpc) is 2.73. The van der Waals surface area contributed by atoms with E-state index in [1.54, 1.807) is 24.3 Å². The van der Waals surface area contributed by atoms with Gasteiger partial charge in [-0.15, -0.1) is 11.8 Å². The van der Waals surface area contributed by atoms with Crippen LogP contribution in [0.2, 0.25) is 0 Å². The molecule has 0 saturated heterocycles. The average molecular weight is 408 g/mol. The second-order valence-corrected chi connectivity index (χ2v) is 7.20. The van der Waals surface area contributed by atoms with E-state index in [0.29, 0.717) is 22.8 Å². The molecule has 0 aliphatic heterocycles. The van der Waals surface area contributed by atoms with Gasteiger partial charge in [0, 0.05) is 23.2 Å². The van der Waals surface area contributed by atoms with Gasteiger partial charge in [0.1, 0.15) is 5.82 Å². The molecule has 0 spiro atoms. The van der Waals surface area contributed by atoms with Crippen molar-refractivity contribution in [2.75, 3.05) is 22.6 Å². The molecule has 4 N–H and O–H groups in total. The molecule has 0 saturated carbocycles. The number of thioether (sulfide) groups is 1. The van der Waals surface area contributed by atoms with Gasteiger partial charge in [0.25, 0.3) is 0 Å². The Morgan fingerprint density at radius 3 is 2.55 bits per heavy atom. The number of amides is 1. The van der Waals surface area contributed by atoms with Crippen LogP contribution in [0.3, 0.4) is 0 Å². The number of rotatable bonds is 7. The van der Waals surface area contributed by atoms with E-state index in [2.05, 4.69) is 10.6 Å². The van der Waals surface area contributed by atoms with Crippen molar-refractivity contribution in [1.29, 1.82) is 0 Å².